The highest BCUT2D eigenvalue weighted by Crippen LogP contribution is 2.31. The molecule has 0 aromatic carbocycles. The summed E-state index contributed by atoms with van der Waals surface area (Å²) >= 11 is 0. The molecule has 12 nitrogen and oxygen atoms in total. The first-order valence-electron chi connectivity index (χ1n) is 10.2. The number of nitrogens with one attached hydrogen (secondary N) is 1. The van der Waals surface area contributed by atoms with Gasteiger partial charge in [0.25, 0.3) is 0 Å². The van der Waals surface area contributed by atoms with Crippen molar-refractivity contribution in [3.05, 3.63) is 12.2 Å². The Kier molecular flexibility index (Phi) is 8.76. The maximum Gasteiger partial charge on any atom is 0.333 e. The predicted octanol–water partition coefficient (Wildman–Crippen LogP) is -2.32. The summed E-state index contributed by atoms with van der Waals surface area (Å²) in [5.41, 5.74) is -1.27. The maximum absolute atomic E-state index is 11.7. The van der Waals surface area contributed by atoms with Crippen LogP contribution in [0.2, 0.25) is 0 Å². The summed E-state index contributed by atoms with van der Waals surface area (Å²) in [4.78, 5) is 23.3. The third-order valence-electron chi connectivity index (χ3n) is 5.30. The number of aliphatic hydroxyl groups excluding tert-OH is 4. The quantitative estimate of drug-likeness (QED) is 0.176. The van der Waals surface area contributed by atoms with E-state index in [2.05, 4.69) is 11.9 Å². The van der Waals surface area contributed by atoms with Gasteiger partial charge < -0.3 is 49.8 Å². The largest absolute Gasteiger partial charge is 0.459 e. The molecule has 184 valence electrons. The molecule has 0 spiro atoms. The van der Waals surface area contributed by atoms with Crippen molar-refractivity contribution < 1.29 is 54.1 Å². The van der Waals surface area contributed by atoms with Gasteiger partial charge in [-0.2, -0.15) is 0 Å². The zero-order valence-corrected chi connectivity index (χ0v) is 18.5. The maximum atomic E-state index is 11.7. The average Bonchev–Trinajstić information content (AvgIpc) is 2.67. The van der Waals surface area contributed by atoms with Crippen LogP contribution in [0.5, 0.6) is 0 Å². The second-order valence-corrected chi connectivity index (χ2v) is 8.70. The molecule has 2 rings (SSSR count). The molecule has 0 aromatic heterocycles. The fourth-order valence-corrected chi connectivity index (χ4v) is 3.46. The first-order chi connectivity index (χ1) is 14.7. The average molecular weight is 463 g/mol. The number of hydrogen-bond donors (Lipinski definition) is 6. The van der Waals surface area contributed by atoms with Gasteiger partial charge in [0.05, 0.1) is 17.8 Å². The van der Waals surface area contributed by atoms with Crippen molar-refractivity contribution in [3.63, 3.8) is 0 Å². The lowest BCUT2D eigenvalue weighted by molar-refractivity contribution is -0.336. The van der Waals surface area contributed by atoms with Gasteiger partial charge in [-0.15, -0.1) is 0 Å². The Morgan fingerprint density at radius 1 is 1.12 bits per heavy atom. The number of rotatable bonds is 7. The third kappa shape index (κ3) is 6.45. The molecule has 2 aliphatic rings. The van der Waals surface area contributed by atoms with E-state index < -0.39 is 79.3 Å². The summed E-state index contributed by atoms with van der Waals surface area (Å²) in [6.45, 7) is 8.51. The Bertz CT molecular complexity index is 694. The van der Waals surface area contributed by atoms with Crippen LogP contribution in [0.15, 0.2) is 12.2 Å². The lowest BCUT2D eigenvalue weighted by Crippen LogP contribution is -2.67. The molecule has 0 saturated carbocycles. The molecule has 2 heterocycles. The van der Waals surface area contributed by atoms with E-state index in [9.17, 15) is 35.1 Å². The molecule has 32 heavy (non-hydrogen) atoms. The van der Waals surface area contributed by atoms with Gasteiger partial charge in [-0.3, -0.25) is 4.79 Å². The number of esters is 1. The van der Waals surface area contributed by atoms with Crippen LogP contribution in [-0.4, -0.2) is 105 Å². The van der Waals surface area contributed by atoms with Gasteiger partial charge in [0.1, 0.15) is 37.1 Å². The number of aliphatic hydroxyl groups is 5. The number of hydrogen-bond acceptors (Lipinski definition) is 11. The van der Waals surface area contributed by atoms with Crippen LogP contribution in [0.4, 0.5) is 0 Å². The first kappa shape index (κ1) is 26.6. The van der Waals surface area contributed by atoms with Crippen molar-refractivity contribution in [2.75, 3.05) is 6.61 Å². The minimum atomic E-state index is -1.67. The van der Waals surface area contributed by atoms with E-state index in [1.54, 1.807) is 0 Å². The van der Waals surface area contributed by atoms with Crippen molar-refractivity contribution in [1.82, 2.24) is 5.32 Å². The summed E-state index contributed by atoms with van der Waals surface area (Å²) in [5, 5.41) is 54.4. The Hall–Kier alpha value is -1.64. The van der Waals surface area contributed by atoms with Gasteiger partial charge in [-0.05, 0) is 20.8 Å². The predicted molar refractivity (Wildman–Crippen MR) is 107 cm³/mol. The fraction of sp³-hybridized carbons (Fsp3) is 0.800. The van der Waals surface area contributed by atoms with Crippen LogP contribution in [-0.2, 0) is 28.5 Å². The van der Waals surface area contributed by atoms with E-state index in [1.807, 2.05) is 0 Å². The second-order valence-electron chi connectivity index (χ2n) is 8.70. The topological polar surface area (TPSA) is 184 Å². The normalized spacial score (nSPS) is 38.1. The SMILES string of the molecule is C=C(C)C(=O)OCC1OC(O)C(NC(C)=O)C(OC2OC(C(C)(C)O)CC(O)C2O)C1O. The Morgan fingerprint density at radius 2 is 1.75 bits per heavy atom. The van der Waals surface area contributed by atoms with Gasteiger partial charge in [-0.1, -0.05) is 6.58 Å². The lowest BCUT2D eigenvalue weighted by Gasteiger charge is -2.47. The summed E-state index contributed by atoms with van der Waals surface area (Å²) in [6, 6.07) is -1.29. The zero-order chi connectivity index (χ0) is 24.4. The molecule has 0 radical (unpaired) electrons. The van der Waals surface area contributed by atoms with Crippen molar-refractivity contribution in [2.24, 2.45) is 0 Å². The summed E-state index contributed by atoms with van der Waals surface area (Å²) in [6.07, 6.45) is -11.2. The summed E-state index contributed by atoms with van der Waals surface area (Å²) < 4.78 is 21.6. The van der Waals surface area contributed by atoms with Crippen LogP contribution >= 0.6 is 0 Å². The molecule has 0 aliphatic carbocycles. The monoisotopic (exact) mass is 463 g/mol. The van der Waals surface area contributed by atoms with Crippen molar-refractivity contribution in [1.29, 1.82) is 0 Å². The third-order valence-corrected chi connectivity index (χ3v) is 5.30. The minimum Gasteiger partial charge on any atom is -0.459 e. The van der Waals surface area contributed by atoms with E-state index >= 15 is 0 Å². The molecule has 0 bridgehead atoms. The van der Waals surface area contributed by atoms with E-state index in [1.165, 1.54) is 27.7 Å². The summed E-state index contributed by atoms with van der Waals surface area (Å²) in [5.74, 6) is -1.30. The van der Waals surface area contributed by atoms with Crippen molar-refractivity contribution >= 4 is 11.9 Å². The molecule has 2 aliphatic heterocycles. The van der Waals surface area contributed by atoms with Crippen LogP contribution in [0.25, 0.3) is 0 Å². The van der Waals surface area contributed by atoms with Gasteiger partial charge in [0.15, 0.2) is 12.6 Å². The molecule has 6 N–H and O–H groups in total. The van der Waals surface area contributed by atoms with E-state index in [4.69, 9.17) is 18.9 Å². The smallest absolute Gasteiger partial charge is 0.333 e. The second kappa shape index (κ2) is 10.5. The molecular formula is C20H33NO11. The van der Waals surface area contributed by atoms with Gasteiger partial charge in [-0.25, -0.2) is 4.79 Å². The van der Waals surface area contributed by atoms with Gasteiger partial charge in [0.2, 0.25) is 5.91 Å². The highest BCUT2D eigenvalue weighted by molar-refractivity contribution is 5.86. The van der Waals surface area contributed by atoms with Crippen molar-refractivity contribution in [3.8, 4) is 0 Å². The Balaban J connectivity index is 2.24. The standard InChI is InChI=1S/C20H33NO11/c1-8(2)17(26)29-7-11-15(25)16(13(18(27)30-11)21-9(3)22)32-19-14(24)10(23)6-12(31-19)20(4,5)28/h10-16,18-19,23-25,27-28H,1,6-7H2,2-5H3,(H,21,22). The van der Waals surface area contributed by atoms with E-state index in [0.717, 1.165) is 0 Å². The molecule has 2 saturated heterocycles. The highest BCUT2D eigenvalue weighted by atomic mass is 16.7. The molecule has 1 amide bonds. The summed E-state index contributed by atoms with van der Waals surface area (Å²) in [7, 11) is 0. The first-order valence-corrected chi connectivity index (χ1v) is 10.2. The zero-order valence-electron chi connectivity index (χ0n) is 18.5. The number of amides is 1. The van der Waals surface area contributed by atoms with Crippen LogP contribution in [0.1, 0.15) is 34.1 Å². The molecule has 9 unspecified atom stereocenters. The molecule has 2 fully saturated rings. The van der Waals surface area contributed by atoms with Crippen LogP contribution < -0.4 is 5.32 Å². The molecule has 9 atom stereocenters. The molecule has 12 heteroatoms. The fourth-order valence-electron chi connectivity index (χ4n) is 3.46. The molecular weight excluding hydrogens is 430 g/mol. The molecule has 0 aromatic rings. The number of carbonyl (C=O) groups is 2. The van der Waals surface area contributed by atoms with Crippen molar-refractivity contribution in [2.45, 2.75) is 95.0 Å². The minimum absolute atomic E-state index is 0.0713. The van der Waals surface area contributed by atoms with Gasteiger partial charge in [0, 0.05) is 18.9 Å². The number of ether oxygens (including phenoxy) is 4. The van der Waals surface area contributed by atoms with Gasteiger partial charge >= 0.3 is 5.97 Å². The van der Waals surface area contributed by atoms with Crippen LogP contribution in [0, 0.1) is 0 Å². The number of carbonyl (C=O) groups excluding carboxylic acids is 2. The Labute approximate surface area is 185 Å². The van der Waals surface area contributed by atoms with Crippen LogP contribution in [0.3, 0.4) is 0 Å². The lowest BCUT2D eigenvalue weighted by atomic mass is 9.91. The van der Waals surface area contributed by atoms with E-state index in [0.29, 0.717) is 0 Å². The Morgan fingerprint density at radius 3 is 2.28 bits per heavy atom. The highest BCUT2D eigenvalue weighted by Gasteiger charge is 2.50. The van der Waals surface area contributed by atoms with E-state index in [-0.39, 0.29) is 12.0 Å².